The van der Waals surface area contributed by atoms with Crippen molar-refractivity contribution in [3.05, 3.63) is 60.2 Å². The lowest BCUT2D eigenvalue weighted by molar-refractivity contribution is -0.137. The molecule has 0 unspecified atom stereocenters. The Hall–Kier alpha value is -3.14. The molecule has 1 heterocycles. The normalized spacial score (nSPS) is 11.3. The second-order valence-electron chi connectivity index (χ2n) is 6.61. The Kier molecular flexibility index (Phi) is 7.34. The second-order valence-corrected chi connectivity index (χ2v) is 7.55. The molecule has 3 aromatic rings. The van der Waals surface area contributed by atoms with Gasteiger partial charge in [0.2, 0.25) is 5.75 Å². The van der Waals surface area contributed by atoms with E-state index in [-0.39, 0.29) is 0 Å². The molecule has 6 nitrogen and oxygen atoms in total. The van der Waals surface area contributed by atoms with Gasteiger partial charge in [-0.1, -0.05) is 36.0 Å². The standard InChI is InChI=1S/C22H22F3N3O3S/c1-5-9-28-20(15-11-17(29-2)19(31-4)18(12-15)30-3)26-27-21(28)32-13-14-7-6-8-16(10-14)22(23,24)25/h5-8,10-12H,1,9,13H2,2-4H3. The molecule has 0 radical (unpaired) electrons. The van der Waals surface area contributed by atoms with Crippen LogP contribution in [-0.4, -0.2) is 36.1 Å². The zero-order valence-corrected chi connectivity index (χ0v) is 18.6. The van der Waals surface area contributed by atoms with Gasteiger partial charge in [-0.15, -0.1) is 16.8 Å². The van der Waals surface area contributed by atoms with Gasteiger partial charge in [-0.25, -0.2) is 0 Å². The van der Waals surface area contributed by atoms with Crippen LogP contribution < -0.4 is 14.2 Å². The average molecular weight is 465 g/mol. The van der Waals surface area contributed by atoms with Gasteiger partial charge in [0.1, 0.15) is 0 Å². The number of hydrogen-bond donors (Lipinski definition) is 0. The van der Waals surface area contributed by atoms with E-state index in [1.165, 1.54) is 39.2 Å². The fraction of sp³-hybridized carbons (Fsp3) is 0.273. The summed E-state index contributed by atoms with van der Waals surface area (Å²) in [6.45, 7) is 4.19. The molecule has 0 atom stereocenters. The zero-order valence-electron chi connectivity index (χ0n) is 17.8. The minimum Gasteiger partial charge on any atom is -0.493 e. The van der Waals surface area contributed by atoms with Crippen LogP contribution in [0.25, 0.3) is 11.4 Å². The van der Waals surface area contributed by atoms with E-state index in [0.29, 0.717) is 51.7 Å². The summed E-state index contributed by atoms with van der Waals surface area (Å²) in [6.07, 6.45) is -2.69. The molecule has 0 saturated heterocycles. The molecule has 2 aromatic carbocycles. The smallest absolute Gasteiger partial charge is 0.416 e. The van der Waals surface area contributed by atoms with Crippen molar-refractivity contribution in [3.8, 4) is 28.6 Å². The van der Waals surface area contributed by atoms with Gasteiger partial charge >= 0.3 is 6.18 Å². The summed E-state index contributed by atoms with van der Waals surface area (Å²) in [4.78, 5) is 0. The molecular formula is C22H22F3N3O3S. The first-order valence-electron chi connectivity index (χ1n) is 9.45. The maximum Gasteiger partial charge on any atom is 0.416 e. The highest BCUT2D eigenvalue weighted by atomic mass is 32.2. The molecule has 0 aliphatic heterocycles. The van der Waals surface area contributed by atoms with Crippen molar-refractivity contribution in [1.29, 1.82) is 0 Å². The van der Waals surface area contributed by atoms with Crippen molar-refractivity contribution in [1.82, 2.24) is 14.8 Å². The highest BCUT2D eigenvalue weighted by Gasteiger charge is 2.30. The van der Waals surface area contributed by atoms with Crippen LogP contribution in [-0.2, 0) is 18.5 Å². The van der Waals surface area contributed by atoms with Gasteiger partial charge in [0, 0.05) is 17.9 Å². The Labute approximate surface area is 188 Å². The van der Waals surface area contributed by atoms with Crippen LogP contribution in [0, 0.1) is 0 Å². The predicted molar refractivity (Wildman–Crippen MR) is 116 cm³/mol. The van der Waals surface area contributed by atoms with Crippen LogP contribution in [0.2, 0.25) is 0 Å². The molecule has 0 bridgehead atoms. The van der Waals surface area contributed by atoms with E-state index in [2.05, 4.69) is 16.8 Å². The zero-order chi connectivity index (χ0) is 23.3. The molecule has 0 saturated carbocycles. The SMILES string of the molecule is C=CCn1c(SCc2cccc(C(F)(F)F)c2)nnc1-c1cc(OC)c(OC)c(OC)c1. The van der Waals surface area contributed by atoms with Crippen LogP contribution in [0.3, 0.4) is 0 Å². The fourth-order valence-corrected chi connectivity index (χ4v) is 3.99. The number of thioether (sulfide) groups is 1. The van der Waals surface area contributed by atoms with Crippen molar-refractivity contribution in [3.63, 3.8) is 0 Å². The van der Waals surface area contributed by atoms with Gasteiger partial charge in [0.15, 0.2) is 22.5 Å². The summed E-state index contributed by atoms with van der Waals surface area (Å²) in [7, 11) is 4.56. The quantitative estimate of drug-likeness (QED) is 0.309. The number of rotatable bonds is 9. The molecule has 0 N–H and O–H groups in total. The number of benzene rings is 2. The minimum absolute atomic E-state index is 0.300. The lowest BCUT2D eigenvalue weighted by atomic mass is 10.1. The lowest BCUT2D eigenvalue weighted by Gasteiger charge is -2.14. The van der Waals surface area contributed by atoms with E-state index in [4.69, 9.17) is 14.2 Å². The Morgan fingerprint density at radius 2 is 1.72 bits per heavy atom. The summed E-state index contributed by atoms with van der Waals surface area (Å²) in [5, 5.41) is 9.08. The van der Waals surface area contributed by atoms with Crippen LogP contribution in [0.15, 0.2) is 54.2 Å². The van der Waals surface area contributed by atoms with Crippen molar-refractivity contribution in [2.24, 2.45) is 0 Å². The van der Waals surface area contributed by atoms with Gasteiger partial charge < -0.3 is 14.2 Å². The van der Waals surface area contributed by atoms with Crippen molar-refractivity contribution < 1.29 is 27.4 Å². The number of hydrogen-bond acceptors (Lipinski definition) is 6. The van der Waals surface area contributed by atoms with E-state index in [1.807, 2.05) is 4.57 Å². The van der Waals surface area contributed by atoms with Crippen molar-refractivity contribution >= 4 is 11.8 Å². The molecule has 170 valence electrons. The number of alkyl halides is 3. The van der Waals surface area contributed by atoms with Crippen LogP contribution in [0.5, 0.6) is 17.2 Å². The third-order valence-corrected chi connectivity index (χ3v) is 5.61. The molecule has 0 fully saturated rings. The number of allylic oxidation sites excluding steroid dienone is 1. The number of aromatic nitrogens is 3. The predicted octanol–water partition coefficient (Wildman–Crippen LogP) is 5.47. The Bertz CT molecular complexity index is 1070. The summed E-state index contributed by atoms with van der Waals surface area (Å²) in [6, 6.07) is 8.75. The van der Waals surface area contributed by atoms with Crippen LogP contribution in [0.1, 0.15) is 11.1 Å². The van der Waals surface area contributed by atoms with Gasteiger partial charge in [-0.05, 0) is 23.8 Å². The largest absolute Gasteiger partial charge is 0.493 e. The first kappa shape index (κ1) is 23.5. The molecule has 3 rings (SSSR count). The molecule has 0 amide bonds. The van der Waals surface area contributed by atoms with Crippen molar-refractivity contribution in [2.75, 3.05) is 21.3 Å². The van der Waals surface area contributed by atoms with Crippen molar-refractivity contribution in [2.45, 2.75) is 23.6 Å². The number of methoxy groups -OCH3 is 3. The maximum atomic E-state index is 13.0. The highest BCUT2D eigenvalue weighted by Crippen LogP contribution is 2.41. The molecule has 10 heteroatoms. The number of nitrogens with zero attached hydrogens (tertiary/aromatic N) is 3. The summed E-state index contributed by atoms with van der Waals surface area (Å²) >= 11 is 1.29. The highest BCUT2D eigenvalue weighted by molar-refractivity contribution is 7.98. The molecular weight excluding hydrogens is 443 g/mol. The van der Waals surface area contributed by atoms with E-state index in [9.17, 15) is 13.2 Å². The van der Waals surface area contributed by atoms with Crippen LogP contribution >= 0.6 is 11.8 Å². The number of halogens is 3. The maximum absolute atomic E-state index is 13.0. The van der Waals surface area contributed by atoms with Gasteiger partial charge in [0.05, 0.1) is 26.9 Å². The minimum atomic E-state index is -4.39. The van der Waals surface area contributed by atoms with Gasteiger partial charge in [0.25, 0.3) is 0 Å². The van der Waals surface area contributed by atoms with Crippen LogP contribution in [0.4, 0.5) is 13.2 Å². The van der Waals surface area contributed by atoms with E-state index >= 15 is 0 Å². The fourth-order valence-electron chi connectivity index (χ4n) is 3.10. The summed E-state index contributed by atoms with van der Waals surface area (Å²) < 4.78 is 57.0. The molecule has 0 aliphatic carbocycles. The van der Waals surface area contributed by atoms with E-state index in [1.54, 1.807) is 24.3 Å². The monoisotopic (exact) mass is 465 g/mol. The topological polar surface area (TPSA) is 58.4 Å². The third kappa shape index (κ3) is 5.01. The molecule has 0 spiro atoms. The molecule has 0 aliphatic rings. The Balaban J connectivity index is 1.94. The first-order valence-corrected chi connectivity index (χ1v) is 10.4. The van der Waals surface area contributed by atoms with Gasteiger partial charge in [-0.3, -0.25) is 4.57 Å². The van der Waals surface area contributed by atoms with Gasteiger partial charge in [-0.2, -0.15) is 13.2 Å². The second kappa shape index (κ2) is 9.99. The first-order chi connectivity index (χ1) is 15.3. The number of ether oxygens (including phenoxy) is 3. The molecule has 1 aromatic heterocycles. The third-order valence-electron chi connectivity index (χ3n) is 4.57. The Morgan fingerprint density at radius 3 is 2.28 bits per heavy atom. The van der Waals surface area contributed by atoms with E-state index in [0.717, 1.165) is 12.1 Å². The Morgan fingerprint density at radius 1 is 1.03 bits per heavy atom. The average Bonchev–Trinajstić information content (AvgIpc) is 3.19. The summed E-state index contributed by atoms with van der Waals surface area (Å²) in [5.74, 6) is 2.22. The molecule has 32 heavy (non-hydrogen) atoms. The lowest BCUT2D eigenvalue weighted by Crippen LogP contribution is -2.05. The summed E-state index contributed by atoms with van der Waals surface area (Å²) in [5.41, 5.74) is 0.536. The van der Waals surface area contributed by atoms with E-state index < -0.39 is 11.7 Å².